The molecule has 0 aliphatic carbocycles. The third kappa shape index (κ3) is 3.97. The Morgan fingerprint density at radius 1 is 1.06 bits per heavy atom. The lowest BCUT2D eigenvalue weighted by atomic mass is 9.91. The Kier molecular flexibility index (Phi) is 5.74. The van der Waals surface area contributed by atoms with Crippen molar-refractivity contribution in [3.8, 4) is 0 Å². The van der Waals surface area contributed by atoms with E-state index in [0.717, 1.165) is 30.5 Å². The Bertz CT molecular complexity index is 953. The molecule has 1 N–H and O–H groups in total. The lowest BCUT2D eigenvalue weighted by Crippen LogP contribution is -2.44. The summed E-state index contributed by atoms with van der Waals surface area (Å²) in [7, 11) is 0. The second-order valence-electron chi connectivity index (χ2n) is 8.42. The molecule has 2 amide bonds. The van der Waals surface area contributed by atoms with Crippen molar-refractivity contribution < 1.29 is 19.1 Å². The monoisotopic (exact) mass is 424 g/mol. The number of nitrogens with one attached hydrogen (secondary N) is 1. The van der Waals surface area contributed by atoms with Crippen molar-refractivity contribution >= 4 is 11.8 Å². The largest absolute Gasteiger partial charge is 0.378 e. The molecule has 3 aliphatic rings. The minimum Gasteiger partial charge on any atom is -0.378 e. The van der Waals surface area contributed by atoms with E-state index in [0.29, 0.717) is 51.6 Å². The van der Waals surface area contributed by atoms with Crippen LogP contribution in [0.1, 0.15) is 52.0 Å². The van der Waals surface area contributed by atoms with Gasteiger partial charge in [0.1, 0.15) is 0 Å². The highest BCUT2D eigenvalue weighted by atomic mass is 16.5. The number of likely N-dealkylation sites (tertiary alicyclic amines) is 1. The zero-order valence-electron chi connectivity index (χ0n) is 17.6. The van der Waals surface area contributed by atoms with E-state index in [2.05, 4.69) is 16.3 Å². The molecule has 164 valence electrons. The number of ether oxygens (including phenoxy) is 2. The fourth-order valence-electron chi connectivity index (χ4n) is 4.89. The first kappa shape index (κ1) is 20.2. The number of hydrogen-bond acceptors (Lipinski definition) is 5. The molecular formula is C23H28N4O4. The molecule has 4 heterocycles. The van der Waals surface area contributed by atoms with E-state index in [1.807, 2.05) is 28.0 Å². The van der Waals surface area contributed by atoms with Gasteiger partial charge in [-0.3, -0.25) is 14.7 Å². The van der Waals surface area contributed by atoms with Crippen LogP contribution in [0.4, 0.5) is 0 Å². The molecule has 0 unspecified atom stereocenters. The van der Waals surface area contributed by atoms with E-state index in [9.17, 15) is 9.59 Å². The van der Waals surface area contributed by atoms with Gasteiger partial charge < -0.3 is 19.3 Å². The highest BCUT2D eigenvalue weighted by Gasteiger charge is 2.35. The number of aromatic amines is 1. The first-order valence-electron chi connectivity index (χ1n) is 11.1. The number of piperidine rings is 1. The van der Waals surface area contributed by atoms with E-state index >= 15 is 0 Å². The summed E-state index contributed by atoms with van der Waals surface area (Å²) in [5, 5.41) is 7.22. The molecule has 2 fully saturated rings. The number of aromatic nitrogens is 2. The molecule has 2 atom stereocenters. The average molecular weight is 425 g/mol. The van der Waals surface area contributed by atoms with Crippen molar-refractivity contribution in [1.82, 2.24) is 20.0 Å². The van der Waals surface area contributed by atoms with Crippen molar-refractivity contribution in [2.75, 3.05) is 46.0 Å². The molecule has 0 saturated carbocycles. The van der Waals surface area contributed by atoms with Gasteiger partial charge in [-0.05, 0) is 30.4 Å². The van der Waals surface area contributed by atoms with Crippen LogP contribution < -0.4 is 0 Å². The Morgan fingerprint density at radius 2 is 1.90 bits per heavy atom. The van der Waals surface area contributed by atoms with Gasteiger partial charge >= 0.3 is 0 Å². The topological polar surface area (TPSA) is 87.8 Å². The summed E-state index contributed by atoms with van der Waals surface area (Å²) < 4.78 is 11.3. The maximum Gasteiger partial charge on any atom is 0.257 e. The average Bonchev–Trinajstić information content (AvgIpc) is 3.33. The van der Waals surface area contributed by atoms with E-state index in [4.69, 9.17) is 9.47 Å². The number of nitrogens with zero attached hydrogens (tertiary/aromatic N) is 3. The molecule has 5 rings (SSSR count). The summed E-state index contributed by atoms with van der Waals surface area (Å²) in [5.41, 5.74) is 3.61. The van der Waals surface area contributed by atoms with Gasteiger partial charge in [-0.15, -0.1) is 0 Å². The van der Waals surface area contributed by atoms with Crippen LogP contribution >= 0.6 is 0 Å². The summed E-state index contributed by atoms with van der Waals surface area (Å²) in [6.45, 7) is 4.14. The number of H-pyrrole nitrogens is 1. The van der Waals surface area contributed by atoms with Crippen LogP contribution in [0.2, 0.25) is 0 Å². The summed E-state index contributed by atoms with van der Waals surface area (Å²) in [6.07, 6.45) is 3.71. The lowest BCUT2D eigenvalue weighted by Gasteiger charge is -2.36. The quantitative estimate of drug-likeness (QED) is 0.813. The number of rotatable bonds is 3. The van der Waals surface area contributed by atoms with Gasteiger partial charge in [-0.25, -0.2) is 0 Å². The van der Waals surface area contributed by atoms with Gasteiger partial charge in [-0.2, -0.15) is 5.10 Å². The summed E-state index contributed by atoms with van der Waals surface area (Å²) >= 11 is 0. The molecule has 1 aromatic heterocycles. The molecule has 0 radical (unpaired) electrons. The van der Waals surface area contributed by atoms with Crippen molar-refractivity contribution in [1.29, 1.82) is 0 Å². The van der Waals surface area contributed by atoms with Gasteiger partial charge in [0.2, 0.25) is 0 Å². The second kappa shape index (κ2) is 8.80. The van der Waals surface area contributed by atoms with Crippen LogP contribution in [0.15, 0.2) is 30.5 Å². The number of fused-ring (bicyclic) bond motifs is 1. The third-order valence-electron chi connectivity index (χ3n) is 6.56. The zero-order valence-corrected chi connectivity index (χ0v) is 17.6. The van der Waals surface area contributed by atoms with Crippen molar-refractivity contribution in [2.45, 2.75) is 31.3 Å². The number of benzene rings is 1. The molecular weight excluding hydrogens is 396 g/mol. The summed E-state index contributed by atoms with van der Waals surface area (Å²) in [4.78, 5) is 30.1. The van der Waals surface area contributed by atoms with Gasteiger partial charge in [-0.1, -0.05) is 24.3 Å². The highest BCUT2D eigenvalue weighted by molar-refractivity contribution is 5.95. The van der Waals surface area contributed by atoms with E-state index in [-0.39, 0.29) is 17.7 Å². The van der Waals surface area contributed by atoms with E-state index < -0.39 is 6.10 Å². The van der Waals surface area contributed by atoms with Crippen molar-refractivity contribution in [3.63, 3.8) is 0 Å². The molecule has 0 bridgehead atoms. The fourth-order valence-corrected chi connectivity index (χ4v) is 4.89. The second-order valence-corrected chi connectivity index (χ2v) is 8.42. The van der Waals surface area contributed by atoms with Crippen LogP contribution in [-0.2, 0) is 20.7 Å². The van der Waals surface area contributed by atoms with Gasteiger partial charge in [0.15, 0.2) is 6.10 Å². The minimum absolute atomic E-state index is 0.0115. The first-order valence-corrected chi connectivity index (χ1v) is 11.1. The molecule has 8 nitrogen and oxygen atoms in total. The van der Waals surface area contributed by atoms with Crippen molar-refractivity contribution in [2.24, 2.45) is 0 Å². The maximum atomic E-state index is 13.4. The van der Waals surface area contributed by atoms with Crippen LogP contribution in [-0.4, -0.2) is 77.8 Å². The lowest BCUT2D eigenvalue weighted by molar-refractivity contribution is -0.146. The summed E-state index contributed by atoms with van der Waals surface area (Å²) in [5.74, 6) is 0.0523. The highest BCUT2D eigenvalue weighted by Crippen LogP contribution is 2.33. The third-order valence-corrected chi connectivity index (χ3v) is 6.56. The van der Waals surface area contributed by atoms with E-state index in [1.165, 1.54) is 5.56 Å². The molecule has 0 spiro atoms. The molecule has 8 heteroatoms. The first-order chi connectivity index (χ1) is 15.2. The molecule has 1 aromatic carbocycles. The van der Waals surface area contributed by atoms with Gasteiger partial charge in [0.25, 0.3) is 11.8 Å². The molecule has 2 saturated heterocycles. The minimum atomic E-state index is -0.542. The SMILES string of the molecule is O=C(c1cn[nH]c1[C@@H]1CCCN(C(=O)[C@@H]2OCCc3ccccc32)C1)N1CCOCC1. The number of morpholine rings is 1. The Labute approximate surface area is 181 Å². The maximum absolute atomic E-state index is 13.4. The van der Waals surface area contributed by atoms with Crippen LogP contribution in [0.5, 0.6) is 0 Å². The predicted octanol–water partition coefficient (Wildman–Crippen LogP) is 1.90. The smallest absolute Gasteiger partial charge is 0.257 e. The summed E-state index contributed by atoms with van der Waals surface area (Å²) in [6, 6.07) is 8.03. The standard InChI is InChI=1S/C23H28N4O4/c28-22(26-9-12-30-13-10-26)19-14-24-25-20(19)17-5-3-8-27(15-17)23(29)21-18-6-2-1-4-16(18)7-11-31-21/h1-2,4,6,14,17,21H,3,5,7-13,15H2,(H,24,25)/t17-,21-/m1/s1. The molecule has 2 aromatic rings. The number of carbonyl (C=O) groups excluding carboxylic acids is 2. The number of amides is 2. The Hall–Kier alpha value is -2.71. The number of carbonyl (C=O) groups is 2. The van der Waals surface area contributed by atoms with Crippen LogP contribution in [0.25, 0.3) is 0 Å². The van der Waals surface area contributed by atoms with Crippen LogP contribution in [0.3, 0.4) is 0 Å². The molecule has 31 heavy (non-hydrogen) atoms. The fraction of sp³-hybridized carbons (Fsp3) is 0.522. The Balaban J connectivity index is 1.32. The van der Waals surface area contributed by atoms with Crippen molar-refractivity contribution in [3.05, 3.63) is 52.8 Å². The van der Waals surface area contributed by atoms with E-state index in [1.54, 1.807) is 6.20 Å². The Morgan fingerprint density at radius 3 is 2.77 bits per heavy atom. The zero-order chi connectivity index (χ0) is 21.2. The predicted molar refractivity (Wildman–Crippen MR) is 113 cm³/mol. The normalized spacial score (nSPS) is 24.0. The van der Waals surface area contributed by atoms with Crippen LogP contribution in [0, 0.1) is 0 Å². The number of hydrogen-bond donors (Lipinski definition) is 1. The molecule has 3 aliphatic heterocycles. The van der Waals surface area contributed by atoms with Gasteiger partial charge in [0.05, 0.1) is 37.3 Å². The van der Waals surface area contributed by atoms with Gasteiger partial charge in [0, 0.05) is 32.1 Å².